The lowest BCUT2D eigenvalue weighted by atomic mass is 9.90. The van der Waals surface area contributed by atoms with E-state index in [9.17, 15) is 5.11 Å². The van der Waals surface area contributed by atoms with E-state index in [1.165, 1.54) is 11.1 Å². The SMILES string of the molecule is OC1(Cc2ccccc2C2CCOC2)CC1. The molecule has 0 radical (unpaired) electrons. The normalized spacial score (nSPS) is 26.9. The Balaban J connectivity index is 1.85. The zero-order valence-electron chi connectivity index (χ0n) is 9.48. The molecule has 0 bridgehead atoms. The fraction of sp³-hybridized carbons (Fsp3) is 0.571. The second-order valence-corrected chi connectivity index (χ2v) is 5.16. The van der Waals surface area contributed by atoms with Gasteiger partial charge in [-0.2, -0.15) is 0 Å². The summed E-state index contributed by atoms with van der Waals surface area (Å²) < 4.78 is 5.45. The fourth-order valence-electron chi connectivity index (χ4n) is 2.55. The van der Waals surface area contributed by atoms with Gasteiger partial charge in [0.25, 0.3) is 0 Å². The zero-order valence-corrected chi connectivity index (χ0v) is 9.48. The Labute approximate surface area is 96.2 Å². The number of hydrogen-bond donors (Lipinski definition) is 1. The molecule has 1 saturated carbocycles. The van der Waals surface area contributed by atoms with Crippen LogP contribution in [0, 0.1) is 0 Å². The molecule has 1 saturated heterocycles. The molecule has 2 heteroatoms. The van der Waals surface area contributed by atoms with E-state index in [1.807, 2.05) is 0 Å². The first-order valence-electron chi connectivity index (χ1n) is 6.15. The van der Waals surface area contributed by atoms with Gasteiger partial charge in [-0.1, -0.05) is 24.3 Å². The Morgan fingerprint density at radius 2 is 2.12 bits per heavy atom. The van der Waals surface area contributed by atoms with Gasteiger partial charge < -0.3 is 9.84 Å². The average Bonchev–Trinajstić information content (AvgIpc) is 2.83. The molecule has 0 spiro atoms. The molecule has 1 heterocycles. The summed E-state index contributed by atoms with van der Waals surface area (Å²) in [5.41, 5.74) is 2.31. The topological polar surface area (TPSA) is 29.5 Å². The van der Waals surface area contributed by atoms with Gasteiger partial charge in [0.2, 0.25) is 0 Å². The number of rotatable bonds is 3. The number of benzene rings is 1. The van der Waals surface area contributed by atoms with Crippen LogP contribution in [-0.4, -0.2) is 23.9 Å². The zero-order chi connectivity index (χ0) is 11.0. The summed E-state index contributed by atoms with van der Waals surface area (Å²) in [5.74, 6) is 0.540. The Morgan fingerprint density at radius 3 is 2.81 bits per heavy atom. The van der Waals surface area contributed by atoms with E-state index in [0.29, 0.717) is 5.92 Å². The highest BCUT2D eigenvalue weighted by molar-refractivity contribution is 5.33. The standard InChI is InChI=1S/C14H18O2/c15-14(6-7-14)9-11-3-1-2-4-13(11)12-5-8-16-10-12/h1-4,12,15H,5-10H2. The lowest BCUT2D eigenvalue weighted by molar-refractivity contribution is 0.150. The summed E-state index contributed by atoms with van der Waals surface area (Å²) in [6, 6.07) is 8.51. The molecule has 1 aliphatic carbocycles. The third kappa shape index (κ3) is 2.00. The van der Waals surface area contributed by atoms with Crippen LogP contribution in [0.1, 0.15) is 36.3 Å². The van der Waals surface area contributed by atoms with Crippen molar-refractivity contribution in [3.05, 3.63) is 35.4 Å². The summed E-state index contributed by atoms with van der Waals surface area (Å²) >= 11 is 0. The smallest absolute Gasteiger partial charge is 0.0690 e. The molecule has 2 aliphatic rings. The number of ether oxygens (including phenoxy) is 1. The number of aliphatic hydroxyl groups is 1. The Hall–Kier alpha value is -0.860. The maximum absolute atomic E-state index is 10.0. The van der Waals surface area contributed by atoms with Gasteiger partial charge in [-0.05, 0) is 30.4 Å². The molecule has 1 aromatic rings. The molecule has 16 heavy (non-hydrogen) atoms. The molecule has 1 aliphatic heterocycles. The molecule has 2 fully saturated rings. The summed E-state index contributed by atoms with van der Waals surface area (Å²) in [7, 11) is 0. The molecule has 86 valence electrons. The van der Waals surface area contributed by atoms with Crippen LogP contribution in [0.5, 0.6) is 0 Å². The number of hydrogen-bond acceptors (Lipinski definition) is 2. The first kappa shape index (κ1) is 10.3. The van der Waals surface area contributed by atoms with E-state index in [2.05, 4.69) is 24.3 Å². The van der Waals surface area contributed by atoms with Gasteiger partial charge in [-0.3, -0.25) is 0 Å². The van der Waals surface area contributed by atoms with E-state index in [0.717, 1.165) is 38.9 Å². The van der Waals surface area contributed by atoms with Crippen LogP contribution in [0.2, 0.25) is 0 Å². The first-order chi connectivity index (χ1) is 7.77. The Kier molecular flexibility index (Phi) is 2.49. The van der Waals surface area contributed by atoms with Crippen LogP contribution < -0.4 is 0 Å². The third-order valence-electron chi connectivity index (χ3n) is 3.77. The second-order valence-electron chi connectivity index (χ2n) is 5.16. The summed E-state index contributed by atoms with van der Waals surface area (Å²) in [6.07, 6.45) is 3.86. The maximum Gasteiger partial charge on any atom is 0.0690 e. The molecule has 1 aromatic carbocycles. The van der Waals surface area contributed by atoms with Crippen LogP contribution >= 0.6 is 0 Å². The quantitative estimate of drug-likeness (QED) is 0.843. The van der Waals surface area contributed by atoms with Gasteiger partial charge in [-0.25, -0.2) is 0 Å². The highest BCUT2D eigenvalue weighted by Gasteiger charge is 2.40. The lowest BCUT2D eigenvalue weighted by Crippen LogP contribution is -2.13. The van der Waals surface area contributed by atoms with Gasteiger partial charge >= 0.3 is 0 Å². The van der Waals surface area contributed by atoms with Crippen molar-refractivity contribution >= 4 is 0 Å². The summed E-state index contributed by atoms with van der Waals surface area (Å²) in [5, 5.41) is 10.0. The van der Waals surface area contributed by atoms with Crippen molar-refractivity contribution in [2.75, 3.05) is 13.2 Å². The fourth-order valence-corrected chi connectivity index (χ4v) is 2.55. The Bertz CT molecular complexity index is 376. The molecule has 1 N–H and O–H groups in total. The van der Waals surface area contributed by atoms with Gasteiger partial charge in [0.15, 0.2) is 0 Å². The lowest BCUT2D eigenvalue weighted by Gasteiger charge is -2.16. The van der Waals surface area contributed by atoms with Crippen molar-refractivity contribution in [1.82, 2.24) is 0 Å². The minimum absolute atomic E-state index is 0.393. The van der Waals surface area contributed by atoms with E-state index < -0.39 is 5.60 Å². The van der Waals surface area contributed by atoms with Crippen LogP contribution in [0.25, 0.3) is 0 Å². The molecule has 3 rings (SSSR count). The van der Waals surface area contributed by atoms with E-state index >= 15 is 0 Å². The average molecular weight is 218 g/mol. The van der Waals surface area contributed by atoms with Gasteiger partial charge in [0.1, 0.15) is 0 Å². The van der Waals surface area contributed by atoms with Gasteiger partial charge in [-0.15, -0.1) is 0 Å². The predicted octanol–water partition coefficient (Wildman–Crippen LogP) is 2.26. The third-order valence-corrected chi connectivity index (χ3v) is 3.77. The molecular formula is C14H18O2. The van der Waals surface area contributed by atoms with E-state index in [4.69, 9.17) is 4.74 Å². The van der Waals surface area contributed by atoms with Crippen molar-refractivity contribution in [2.24, 2.45) is 0 Å². The van der Waals surface area contributed by atoms with Gasteiger partial charge in [0, 0.05) is 18.9 Å². The van der Waals surface area contributed by atoms with E-state index in [-0.39, 0.29) is 0 Å². The molecule has 0 amide bonds. The maximum atomic E-state index is 10.0. The van der Waals surface area contributed by atoms with Crippen molar-refractivity contribution in [3.63, 3.8) is 0 Å². The van der Waals surface area contributed by atoms with Crippen LogP contribution in [0.15, 0.2) is 24.3 Å². The van der Waals surface area contributed by atoms with Crippen LogP contribution in [0.4, 0.5) is 0 Å². The van der Waals surface area contributed by atoms with E-state index in [1.54, 1.807) is 0 Å². The largest absolute Gasteiger partial charge is 0.390 e. The molecule has 2 nitrogen and oxygen atoms in total. The minimum Gasteiger partial charge on any atom is -0.390 e. The highest BCUT2D eigenvalue weighted by atomic mass is 16.5. The van der Waals surface area contributed by atoms with Crippen LogP contribution in [0.3, 0.4) is 0 Å². The molecule has 0 aromatic heterocycles. The van der Waals surface area contributed by atoms with Crippen molar-refractivity contribution < 1.29 is 9.84 Å². The van der Waals surface area contributed by atoms with Crippen molar-refractivity contribution in [3.8, 4) is 0 Å². The first-order valence-corrected chi connectivity index (χ1v) is 6.15. The highest BCUT2D eigenvalue weighted by Crippen LogP contribution is 2.40. The molecule has 1 atom stereocenters. The monoisotopic (exact) mass is 218 g/mol. The predicted molar refractivity (Wildman–Crippen MR) is 62.5 cm³/mol. The van der Waals surface area contributed by atoms with Crippen molar-refractivity contribution in [2.45, 2.75) is 37.2 Å². The second kappa shape index (κ2) is 3.86. The minimum atomic E-state index is -0.393. The summed E-state index contributed by atoms with van der Waals surface area (Å²) in [6.45, 7) is 1.72. The Morgan fingerprint density at radius 1 is 1.31 bits per heavy atom. The molecular weight excluding hydrogens is 200 g/mol. The van der Waals surface area contributed by atoms with Crippen LogP contribution in [-0.2, 0) is 11.2 Å². The summed E-state index contributed by atoms with van der Waals surface area (Å²) in [4.78, 5) is 0. The van der Waals surface area contributed by atoms with Gasteiger partial charge in [0.05, 0.1) is 12.2 Å². The molecule has 1 unspecified atom stereocenters. The van der Waals surface area contributed by atoms with Crippen molar-refractivity contribution in [1.29, 1.82) is 0 Å².